The number of hydrogen-bond acceptors (Lipinski definition) is 4. The molecule has 0 bridgehead atoms. The van der Waals surface area contributed by atoms with Crippen molar-refractivity contribution in [2.75, 3.05) is 0 Å². The number of carbonyl (C=O) groups excluding carboxylic acids is 1. The van der Waals surface area contributed by atoms with E-state index in [2.05, 4.69) is 44.0 Å². The molecule has 1 heterocycles. The maximum absolute atomic E-state index is 11.8. The van der Waals surface area contributed by atoms with Crippen molar-refractivity contribution in [2.45, 2.75) is 53.3 Å². The molecule has 0 aliphatic rings. The van der Waals surface area contributed by atoms with Crippen molar-refractivity contribution in [3.8, 4) is 0 Å². The summed E-state index contributed by atoms with van der Waals surface area (Å²) in [4.78, 5) is 16.3. The molecule has 0 radical (unpaired) electrons. The molecule has 24 heavy (non-hydrogen) atoms. The predicted octanol–water partition coefficient (Wildman–Crippen LogP) is 3.14. The van der Waals surface area contributed by atoms with Crippen LogP contribution in [0.2, 0.25) is 0 Å². The van der Waals surface area contributed by atoms with Crippen molar-refractivity contribution >= 4 is 5.97 Å². The zero-order valence-corrected chi connectivity index (χ0v) is 15.1. The standard InChI is InChI=1S/C19H27N3O2/c1-12(2)18(20)19(23)24-11-22-9-17(21-10-22)15(5)16-8-6-7-13(3)14(16)4/h6-10,12,15,18H,11,20H2,1-5H3/t15-,18-/m0/s1. The Labute approximate surface area is 143 Å². The molecule has 2 N–H and O–H groups in total. The molecule has 130 valence electrons. The van der Waals surface area contributed by atoms with E-state index in [-0.39, 0.29) is 24.5 Å². The quantitative estimate of drug-likeness (QED) is 0.827. The van der Waals surface area contributed by atoms with Crippen LogP contribution in [0, 0.1) is 19.8 Å². The topological polar surface area (TPSA) is 70.1 Å². The van der Waals surface area contributed by atoms with Crippen LogP contribution in [0.1, 0.15) is 49.1 Å². The second-order valence-electron chi connectivity index (χ2n) is 6.69. The van der Waals surface area contributed by atoms with Crippen molar-refractivity contribution in [1.82, 2.24) is 9.55 Å². The molecule has 0 saturated heterocycles. The van der Waals surface area contributed by atoms with E-state index < -0.39 is 6.04 Å². The molecule has 0 aliphatic heterocycles. The summed E-state index contributed by atoms with van der Waals surface area (Å²) in [6.45, 7) is 10.3. The number of rotatable bonds is 6. The zero-order chi connectivity index (χ0) is 17.9. The number of nitrogens with two attached hydrogens (primary N) is 1. The highest BCUT2D eigenvalue weighted by Gasteiger charge is 2.19. The Morgan fingerprint density at radius 2 is 2.00 bits per heavy atom. The normalized spacial score (nSPS) is 13.8. The summed E-state index contributed by atoms with van der Waals surface area (Å²) < 4.78 is 7.02. The lowest BCUT2D eigenvalue weighted by molar-refractivity contribution is -0.150. The number of nitrogens with zero attached hydrogens (tertiary/aromatic N) is 2. The monoisotopic (exact) mass is 329 g/mol. The molecular formula is C19H27N3O2. The number of aromatic nitrogens is 2. The van der Waals surface area contributed by atoms with Gasteiger partial charge in [-0.1, -0.05) is 39.0 Å². The number of carbonyl (C=O) groups is 1. The van der Waals surface area contributed by atoms with E-state index in [0.717, 1.165) is 5.69 Å². The van der Waals surface area contributed by atoms with Gasteiger partial charge in [0.1, 0.15) is 6.04 Å². The van der Waals surface area contributed by atoms with Crippen LogP contribution in [0.15, 0.2) is 30.7 Å². The number of benzene rings is 1. The van der Waals surface area contributed by atoms with Crippen LogP contribution >= 0.6 is 0 Å². The first kappa shape index (κ1) is 18.2. The van der Waals surface area contributed by atoms with Gasteiger partial charge in [0.05, 0.1) is 12.0 Å². The Hall–Kier alpha value is -2.14. The largest absolute Gasteiger partial charge is 0.443 e. The second-order valence-corrected chi connectivity index (χ2v) is 6.69. The number of imidazole rings is 1. The summed E-state index contributed by atoms with van der Waals surface area (Å²) in [5.74, 6) is -0.150. The number of esters is 1. The van der Waals surface area contributed by atoms with Gasteiger partial charge < -0.3 is 15.0 Å². The Morgan fingerprint density at radius 3 is 2.67 bits per heavy atom. The van der Waals surface area contributed by atoms with Crippen molar-refractivity contribution in [3.63, 3.8) is 0 Å². The van der Waals surface area contributed by atoms with Gasteiger partial charge in [-0.25, -0.2) is 4.98 Å². The first-order chi connectivity index (χ1) is 11.3. The highest BCUT2D eigenvalue weighted by Crippen LogP contribution is 2.27. The number of hydrogen-bond donors (Lipinski definition) is 1. The molecule has 0 spiro atoms. The molecule has 1 aromatic carbocycles. The lowest BCUT2D eigenvalue weighted by Gasteiger charge is -2.15. The predicted molar refractivity (Wildman–Crippen MR) is 94.6 cm³/mol. The molecule has 0 saturated carbocycles. The SMILES string of the molecule is Cc1cccc([C@H](C)c2cn(COC(=O)[C@@H](N)C(C)C)cn2)c1C. The minimum atomic E-state index is -0.596. The first-order valence-electron chi connectivity index (χ1n) is 8.31. The Bertz CT molecular complexity index is 706. The molecule has 0 aliphatic carbocycles. The van der Waals surface area contributed by atoms with Gasteiger partial charge in [0, 0.05) is 12.1 Å². The van der Waals surface area contributed by atoms with Crippen molar-refractivity contribution in [3.05, 3.63) is 53.1 Å². The molecule has 0 fully saturated rings. The van der Waals surface area contributed by atoms with Crippen LogP contribution in [0.25, 0.3) is 0 Å². The van der Waals surface area contributed by atoms with E-state index in [1.165, 1.54) is 16.7 Å². The maximum Gasteiger partial charge on any atom is 0.324 e. The van der Waals surface area contributed by atoms with E-state index in [1.807, 2.05) is 20.0 Å². The van der Waals surface area contributed by atoms with Gasteiger partial charge in [0.15, 0.2) is 6.73 Å². The summed E-state index contributed by atoms with van der Waals surface area (Å²) in [6.07, 6.45) is 3.60. The third kappa shape index (κ3) is 4.03. The molecule has 0 amide bonds. The van der Waals surface area contributed by atoms with E-state index in [9.17, 15) is 4.79 Å². The smallest absolute Gasteiger partial charge is 0.324 e. The fourth-order valence-corrected chi connectivity index (χ4v) is 2.58. The third-order valence-corrected chi connectivity index (χ3v) is 4.56. The Morgan fingerprint density at radius 1 is 1.29 bits per heavy atom. The summed E-state index contributed by atoms with van der Waals surface area (Å²) in [5.41, 5.74) is 10.6. The van der Waals surface area contributed by atoms with E-state index in [0.29, 0.717) is 0 Å². The van der Waals surface area contributed by atoms with Crippen LogP contribution < -0.4 is 5.73 Å². The average Bonchev–Trinajstić information content (AvgIpc) is 3.02. The van der Waals surface area contributed by atoms with Gasteiger partial charge in [0.25, 0.3) is 0 Å². The molecule has 2 rings (SSSR count). The maximum atomic E-state index is 11.8. The molecular weight excluding hydrogens is 302 g/mol. The van der Waals surface area contributed by atoms with Crippen molar-refractivity contribution < 1.29 is 9.53 Å². The minimum Gasteiger partial charge on any atom is -0.443 e. The van der Waals surface area contributed by atoms with Gasteiger partial charge in [-0.15, -0.1) is 0 Å². The molecule has 0 unspecified atom stereocenters. The average molecular weight is 329 g/mol. The lowest BCUT2D eigenvalue weighted by atomic mass is 9.92. The summed E-state index contributed by atoms with van der Waals surface area (Å²) >= 11 is 0. The molecule has 2 aromatic rings. The second kappa shape index (κ2) is 7.62. The molecule has 1 aromatic heterocycles. The van der Waals surface area contributed by atoms with E-state index >= 15 is 0 Å². The van der Waals surface area contributed by atoms with E-state index in [4.69, 9.17) is 10.5 Å². The zero-order valence-electron chi connectivity index (χ0n) is 15.1. The van der Waals surface area contributed by atoms with Gasteiger partial charge in [-0.3, -0.25) is 4.79 Å². The summed E-state index contributed by atoms with van der Waals surface area (Å²) in [7, 11) is 0. The fourth-order valence-electron chi connectivity index (χ4n) is 2.58. The number of aryl methyl sites for hydroxylation is 1. The summed E-state index contributed by atoms with van der Waals surface area (Å²) in [5, 5.41) is 0. The highest BCUT2D eigenvalue weighted by atomic mass is 16.5. The molecule has 2 atom stereocenters. The van der Waals surface area contributed by atoms with Crippen LogP contribution in [-0.2, 0) is 16.3 Å². The Balaban J connectivity index is 2.05. The van der Waals surface area contributed by atoms with Gasteiger partial charge in [0.2, 0.25) is 0 Å². The molecule has 5 heteroatoms. The van der Waals surface area contributed by atoms with E-state index in [1.54, 1.807) is 10.9 Å². The minimum absolute atomic E-state index is 0.0557. The van der Waals surface area contributed by atoms with Crippen LogP contribution in [0.4, 0.5) is 0 Å². The van der Waals surface area contributed by atoms with Crippen molar-refractivity contribution in [2.24, 2.45) is 11.7 Å². The summed E-state index contributed by atoms with van der Waals surface area (Å²) in [6, 6.07) is 5.72. The fraction of sp³-hybridized carbons (Fsp3) is 0.474. The van der Waals surface area contributed by atoms with Gasteiger partial charge >= 0.3 is 5.97 Å². The first-order valence-corrected chi connectivity index (χ1v) is 8.31. The lowest BCUT2D eigenvalue weighted by Crippen LogP contribution is -2.37. The highest BCUT2D eigenvalue weighted by molar-refractivity contribution is 5.75. The third-order valence-electron chi connectivity index (χ3n) is 4.56. The van der Waals surface area contributed by atoms with Crippen LogP contribution in [0.3, 0.4) is 0 Å². The van der Waals surface area contributed by atoms with Crippen LogP contribution in [-0.4, -0.2) is 21.6 Å². The van der Waals surface area contributed by atoms with Crippen LogP contribution in [0.5, 0.6) is 0 Å². The van der Waals surface area contributed by atoms with Crippen molar-refractivity contribution in [1.29, 1.82) is 0 Å². The molecule has 5 nitrogen and oxygen atoms in total. The van der Waals surface area contributed by atoms with Gasteiger partial charge in [-0.05, 0) is 36.5 Å². The number of ether oxygens (including phenoxy) is 1. The Kier molecular flexibility index (Phi) is 5.78. The van der Waals surface area contributed by atoms with Gasteiger partial charge in [-0.2, -0.15) is 0 Å².